The Morgan fingerprint density at radius 1 is 1.69 bits per heavy atom. The lowest BCUT2D eigenvalue weighted by molar-refractivity contribution is 0.00118. The van der Waals surface area contributed by atoms with Crippen LogP contribution in [0.3, 0.4) is 0 Å². The summed E-state index contributed by atoms with van der Waals surface area (Å²) in [7, 11) is 0. The maximum atomic E-state index is 10.4. The predicted molar refractivity (Wildman–Crippen MR) is 50.3 cm³/mol. The van der Waals surface area contributed by atoms with Crippen LogP contribution in [0.5, 0.6) is 0 Å². The maximum Gasteiger partial charge on any atom is 0.312 e. The van der Waals surface area contributed by atoms with Gasteiger partial charge in [0.15, 0.2) is 0 Å². The lowest BCUT2D eigenvalue weighted by Gasteiger charge is -2.27. The van der Waals surface area contributed by atoms with Gasteiger partial charge in [-0.25, -0.2) is 4.79 Å². The third-order valence-electron chi connectivity index (χ3n) is 2.45. The first kappa shape index (κ1) is 10.3. The van der Waals surface area contributed by atoms with Gasteiger partial charge in [0.1, 0.15) is 0 Å². The zero-order valence-corrected chi connectivity index (χ0v) is 8.08. The summed E-state index contributed by atoms with van der Waals surface area (Å²) < 4.78 is 5.42. The van der Waals surface area contributed by atoms with Gasteiger partial charge in [0, 0.05) is 13.2 Å². The van der Waals surface area contributed by atoms with Gasteiger partial charge < -0.3 is 15.8 Å². The summed E-state index contributed by atoms with van der Waals surface area (Å²) in [6.07, 6.45) is 3.58. The van der Waals surface area contributed by atoms with Crippen molar-refractivity contribution < 1.29 is 9.53 Å². The molecule has 0 saturated carbocycles. The van der Waals surface area contributed by atoms with Gasteiger partial charge in [-0.3, -0.25) is 0 Å². The molecule has 0 aliphatic carbocycles. The summed E-state index contributed by atoms with van der Waals surface area (Å²) in [6, 6.07) is -0.430. The Labute approximate surface area is 78.8 Å². The topological polar surface area (TPSA) is 64.3 Å². The molecule has 0 radical (unpaired) electrons. The van der Waals surface area contributed by atoms with E-state index in [0.29, 0.717) is 18.6 Å². The van der Waals surface area contributed by atoms with Gasteiger partial charge in [0.2, 0.25) is 0 Å². The second-order valence-electron chi connectivity index (χ2n) is 3.65. The number of nitrogens with one attached hydrogen (secondary N) is 1. The molecule has 3 N–H and O–H groups in total. The van der Waals surface area contributed by atoms with Gasteiger partial charge >= 0.3 is 6.03 Å². The number of ether oxygens (including phenoxy) is 1. The van der Waals surface area contributed by atoms with Crippen molar-refractivity contribution in [2.75, 3.05) is 13.2 Å². The number of urea groups is 1. The first-order valence-electron chi connectivity index (χ1n) is 4.83. The second kappa shape index (κ2) is 5.07. The molecule has 2 amide bonds. The second-order valence-corrected chi connectivity index (χ2v) is 3.65. The summed E-state index contributed by atoms with van der Waals surface area (Å²) in [5.41, 5.74) is 4.96. The first-order chi connectivity index (χ1) is 6.18. The molecule has 1 fully saturated rings. The molecule has 1 saturated heterocycles. The largest absolute Gasteiger partial charge is 0.378 e. The van der Waals surface area contributed by atoms with E-state index in [0.717, 1.165) is 25.9 Å². The molecule has 0 aromatic carbocycles. The van der Waals surface area contributed by atoms with Crippen molar-refractivity contribution in [3.05, 3.63) is 0 Å². The highest BCUT2D eigenvalue weighted by Crippen LogP contribution is 2.22. The Hall–Kier alpha value is -0.770. The minimum Gasteiger partial charge on any atom is -0.378 e. The molecule has 0 spiro atoms. The Morgan fingerprint density at radius 3 is 3.08 bits per heavy atom. The number of amides is 2. The fourth-order valence-corrected chi connectivity index (χ4v) is 1.75. The number of hydrogen-bond donors (Lipinski definition) is 2. The molecule has 4 nitrogen and oxygen atoms in total. The van der Waals surface area contributed by atoms with Crippen LogP contribution < -0.4 is 11.1 Å². The van der Waals surface area contributed by atoms with Gasteiger partial charge in [-0.1, -0.05) is 0 Å². The number of primary amides is 1. The summed E-state index contributed by atoms with van der Waals surface area (Å²) in [5.74, 6) is 0.676. The fraction of sp³-hybridized carbons (Fsp3) is 0.889. The van der Waals surface area contributed by atoms with Crippen molar-refractivity contribution in [1.82, 2.24) is 5.32 Å². The number of carbonyl (C=O) groups is 1. The molecular formula is C9H18N2O2. The third-order valence-corrected chi connectivity index (χ3v) is 2.45. The molecule has 1 aliphatic rings. The summed E-state index contributed by atoms with van der Waals surface area (Å²) in [6.45, 7) is 3.63. The highest BCUT2D eigenvalue weighted by molar-refractivity contribution is 5.71. The molecule has 13 heavy (non-hydrogen) atoms. The van der Waals surface area contributed by atoms with Crippen molar-refractivity contribution >= 4 is 6.03 Å². The first-order valence-corrected chi connectivity index (χ1v) is 4.83. The lowest BCUT2D eigenvalue weighted by Crippen LogP contribution is -2.32. The molecule has 2 unspecified atom stereocenters. The van der Waals surface area contributed by atoms with Crippen LogP contribution in [0.4, 0.5) is 4.79 Å². The predicted octanol–water partition coefficient (Wildman–Crippen LogP) is 0.860. The van der Waals surface area contributed by atoms with E-state index in [1.54, 1.807) is 0 Å². The van der Waals surface area contributed by atoms with E-state index >= 15 is 0 Å². The summed E-state index contributed by atoms with van der Waals surface area (Å²) in [5, 5.41) is 2.61. The van der Waals surface area contributed by atoms with E-state index in [1.165, 1.54) is 0 Å². The monoisotopic (exact) mass is 186 g/mol. The van der Waals surface area contributed by atoms with Gasteiger partial charge in [-0.2, -0.15) is 0 Å². The quantitative estimate of drug-likeness (QED) is 0.686. The molecule has 2 atom stereocenters. The van der Waals surface area contributed by atoms with Crippen molar-refractivity contribution in [1.29, 1.82) is 0 Å². The number of carbonyl (C=O) groups excluding carboxylic acids is 1. The number of hydrogen-bond acceptors (Lipinski definition) is 2. The highest BCUT2D eigenvalue weighted by atomic mass is 16.5. The van der Waals surface area contributed by atoms with Crippen LogP contribution in [0.15, 0.2) is 0 Å². The molecule has 0 aromatic rings. The Balaban J connectivity index is 2.10. The van der Waals surface area contributed by atoms with Gasteiger partial charge in [0.25, 0.3) is 0 Å². The van der Waals surface area contributed by atoms with E-state index in [2.05, 4.69) is 12.2 Å². The van der Waals surface area contributed by atoms with E-state index in [1.807, 2.05) is 0 Å². The van der Waals surface area contributed by atoms with E-state index in [9.17, 15) is 4.79 Å². The molecule has 4 heteroatoms. The smallest absolute Gasteiger partial charge is 0.312 e. The zero-order chi connectivity index (χ0) is 9.68. The van der Waals surface area contributed by atoms with E-state index in [-0.39, 0.29) is 0 Å². The Bertz CT molecular complexity index is 173. The molecule has 0 bridgehead atoms. The molecule has 1 rings (SSSR count). The van der Waals surface area contributed by atoms with Gasteiger partial charge in [0.05, 0.1) is 6.10 Å². The van der Waals surface area contributed by atoms with Crippen LogP contribution in [0.1, 0.15) is 26.2 Å². The normalized spacial score (nSPS) is 28.4. The van der Waals surface area contributed by atoms with Crippen molar-refractivity contribution in [2.24, 2.45) is 11.7 Å². The standard InChI is InChI=1S/C9H18N2O2/c1-7-6-8(3-5-13-7)2-4-11-9(10)12/h7-8H,2-6H2,1H3,(H3,10,11,12). The average molecular weight is 186 g/mol. The minimum absolute atomic E-state index is 0.368. The fourth-order valence-electron chi connectivity index (χ4n) is 1.75. The van der Waals surface area contributed by atoms with Crippen LogP contribution in [-0.2, 0) is 4.74 Å². The van der Waals surface area contributed by atoms with E-state index in [4.69, 9.17) is 10.5 Å². The lowest BCUT2D eigenvalue weighted by atomic mass is 9.93. The average Bonchev–Trinajstić information content (AvgIpc) is 2.03. The zero-order valence-electron chi connectivity index (χ0n) is 8.08. The Kier molecular flexibility index (Phi) is 4.02. The minimum atomic E-state index is -0.430. The highest BCUT2D eigenvalue weighted by Gasteiger charge is 2.18. The SMILES string of the molecule is CC1CC(CCNC(N)=O)CCO1. The van der Waals surface area contributed by atoms with Crippen molar-refractivity contribution in [3.8, 4) is 0 Å². The molecule has 0 aromatic heterocycles. The number of nitrogens with two attached hydrogens (primary N) is 1. The Morgan fingerprint density at radius 2 is 2.46 bits per heavy atom. The number of rotatable bonds is 3. The van der Waals surface area contributed by atoms with Crippen LogP contribution in [0.25, 0.3) is 0 Å². The molecule has 76 valence electrons. The van der Waals surface area contributed by atoms with Gasteiger partial charge in [-0.15, -0.1) is 0 Å². The molecular weight excluding hydrogens is 168 g/mol. The summed E-state index contributed by atoms with van der Waals surface area (Å²) in [4.78, 5) is 10.4. The maximum absolute atomic E-state index is 10.4. The summed E-state index contributed by atoms with van der Waals surface area (Å²) >= 11 is 0. The van der Waals surface area contributed by atoms with Crippen LogP contribution >= 0.6 is 0 Å². The van der Waals surface area contributed by atoms with Crippen LogP contribution in [0.2, 0.25) is 0 Å². The van der Waals surface area contributed by atoms with Crippen molar-refractivity contribution in [3.63, 3.8) is 0 Å². The van der Waals surface area contributed by atoms with Crippen LogP contribution in [0, 0.1) is 5.92 Å². The third kappa shape index (κ3) is 4.12. The van der Waals surface area contributed by atoms with E-state index < -0.39 is 6.03 Å². The van der Waals surface area contributed by atoms with Crippen molar-refractivity contribution in [2.45, 2.75) is 32.3 Å². The van der Waals surface area contributed by atoms with Gasteiger partial charge in [-0.05, 0) is 32.1 Å². The molecule has 1 heterocycles. The molecule has 1 aliphatic heterocycles. The van der Waals surface area contributed by atoms with Crippen LogP contribution in [-0.4, -0.2) is 25.3 Å².